The zero-order valence-corrected chi connectivity index (χ0v) is 17.5. The number of aliphatic hydroxyl groups is 4. The van der Waals surface area contributed by atoms with Crippen LogP contribution in [0.2, 0.25) is 0 Å². The minimum absolute atomic E-state index is 0.195. The third-order valence-electron chi connectivity index (χ3n) is 4.07. The molecule has 0 aromatic carbocycles. The Morgan fingerprint density at radius 2 is 0.875 bits per heavy atom. The fraction of sp³-hybridized carbons (Fsp3) is 1.00. The van der Waals surface area contributed by atoms with Crippen molar-refractivity contribution >= 4 is 47.0 Å². The predicted octanol–water partition coefficient (Wildman–Crippen LogP) is 2.35. The highest BCUT2D eigenvalue weighted by Crippen LogP contribution is 2.48. The van der Waals surface area contributed by atoms with E-state index in [0.717, 1.165) is 23.0 Å². The first kappa shape index (κ1) is 23.3. The van der Waals surface area contributed by atoms with Crippen molar-refractivity contribution in [3.8, 4) is 0 Å². The Morgan fingerprint density at radius 1 is 0.583 bits per heavy atom. The van der Waals surface area contributed by atoms with Gasteiger partial charge in [-0.3, -0.25) is 0 Å². The van der Waals surface area contributed by atoms with E-state index in [9.17, 15) is 20.4 Å². The third kappa shape index (κ3) is 8.75. The lowest BCUT2D eigenvalue weighted by atomic mass is 9.81. The highest BCUT2D eigenvalue weighted by atomic mass is 32.2. The summed E-state index contributed by atoms with van der Waals surface area (Å²) in [4.78, 5) is 0. The standard InChI is InChI=1S/C16H32O4S4/c17-5-9-21-15(22-10-6-18)13-3-1-2-4-14(13)16(23-11-7-19)24-12-8-20/h13-20H,1-12H2. The van der Waals surface area contributed by atoms with Gasteiger partial charge in [0.1, 0.15) is 0 Å². The van der Waals surface area contributed by atoms with Gasteiger partial charge in [-0.05, 0) is 24.7 Å². The van der Waals surface area contributed by atoms with Crippen LogP contribution in [0.3, 0.4) is 0 Å². The molecule has 0 amide bonds. The lowest BCUT2D eigenvalue weighted by Crippen LogP contribution is -2.34. The van der Waals surface area contributed by atoms with Gasteiger partial charge < -0.3 is 20.4 Å². The third-order valence-corrected chi connectivity index (χ3v) is 10.1. The van der Waals surface area contributed by atoms with Crippen molar-refractivity contribution in [1.82, 2.24) is 0 Å². The largest absolute Gasteiger partial charge is 0.396 e. The van der Waals surface area contributed by atoms with Crippen LogP contribution in [0.4, 0.5) is 0 Å². The maximum atomic E-state index is 9.20. The molecule has 0 heterocycles. The van der Waals surface area contributed by atoms with E-state index in [1.54, 1.807) is 0 Å². The highest BCUT2D eigenvalue weighted by molar-refractivity contribution is 8.17. The summed E-state index contributed by atoms with van der Waals surface area (Å²) in [6, 6.07) is 0. The van der Waals surface area contributed by atoms with Crippen LogP contribution < -0.4 is 0 Å². The van der Waals surface area contributed by atoms with Crippen LogP contribution >= 0.6 is 47.0 Å². The topological polar surface area (TPSA) is 80.9 Å². The van der Waals surface area contributed by atoms with E-state index in [1.165, 1.54) is 25.7 Å². The molecule has 24 heavy (non-hydrogen) atoms. The molecule has 4 nitrogen and oxygen atoms in total. The molecule has 0 spiro atoms. The molecule has 0 bridgehead atoms. The predicted molar refractivity (Wildman–Crippen MR) is 111 cm³/mol. The second-order valence-corrected chi connectivity index (χ2v) is 11.3. The van der Waals surface area contributed by atoms with Gasteiger partial charge in [-0.1, -0.05) is 12.8 Å². The fourth-order valence-corrected chi connectivity index (χ4v) is 8.75. The average Bonchev–Trinajstić information content (AvgIpc) is 2.62. The van der Waals surface area contributed by atoms with Crippen molar-refractivity contribution < 1.29 is 20.4 Å². The Balaban J connectivity index is 2.78. The molecule has 1 aliphatic rings. The molecule has 144 valence electrons. The van der Waals surface area contributed by atoms with Crippen molar-refractivity contribution in [2.75, 3.05) is 49.4 Å². The van der Waals surface area contributed by atoms with Gasteiger partial charge in [0.05, 0.1) is 35.6 Å². The summed E-state index contributed by atoms with van der Waals surface area (Å²) in [5.74, 6) is 4.09. The maximum absolute atomic E-state index is 9.20. The van der Waals surface area contributed by atoms with Gasteiger partial charge in [-0.25, -0.2) is 0 Å². The molecule has 2 atom stereocenters. The molecule has 1 aliphatic carbocycles. The quantitative estimate of drug-likeness (QED) is 0.321. The summed E-state index contributed by atoms with van der Waals surface area (Å²) in [6.07, 6.45) is 4.89. The van der Waals surface area contributed by atoms with Crippen LogP contribution in [0.5, 0.6) is 0 Å². The molecule has 0 radical (unpaired) electrons. The van der Waals surface area contributed by atoms with Gasteiger partial charge in [-0.15, -0.1) is 47.0 Å². The summed E-state index contributed by atoms with van der Waals surface area (Å²) in [6.45, 7) is 0.779. The SMILES string of the molecule is OCCSC(SCCO)C1CCCCC1C(SCCO)SCCO. The Hall–Kier alpha value is 1.24. The van der Waals surface area contributed by atoms with Crippen molar-refractivity contribution in [2.45, 2.75) is 34.8 Å². The Kier molecular flexibility index (Phi) is 14.9. The van der Waals surface area contributed by atoms with Gasteiger partial charge in [0.15, 0.2) is 0 Å². The number of thioether (sulfide) groups is 4. The molecule has 4 N–H and O–H groups in total. The summed E-state index contributed by atoms with van der Waals surface area (Å²) in [5, 5.41) is 36.8. The minimum Gasteiger partial charge on any atom is -0.396 e. The second kappa shape index (κ2) is 15.3. The minimum atomic E-state index is 0.195. The lowest BCUT2D eigenvalue weighted by Gasteiger charge is -2.40. The smallest absolute Gasteiger partial charge is 0.0535 e. The first-order valence-electron chi connectivity index (χ1n) is 8.68. The van der Waals surface area contributed by atoms with E-state index in [-0.39, 0.29) is 26.4 Å². The summed E-state index contributed by atoms with van der Waals surface area (Å²) < 4.78 is 0.808. The molecule has 0 aromatic heterocycles. The Labute approximate surface area is 163 Å². The van der Waals surface area contributed by atoms with Crippen molar-refractivity contribution in [1.29, 1.82) is 0 Å². The van der Waals surface area contributed by atoms with Crippen molar-refractivity contribution in [2.24, 2.45) is 11.8 Å². The first-order chi connectivity index (χ1) is 11.8. The van der Waals surface area contributed by atoms with Gasteiger partial charge in [0, 0.05) is 23.0 Å². The molecule has 1 fully saturated rings. The van der Waals surface area contributed by atoms with Crippen molar-refractivity contribution in [3.63, 3.8) is 0 Å². The molecule has 0 aromatic rings. The van der Waals surface area contributed by atoms with Gasteiger partial charge in [0.25, 0.3) is 0 Å². The van der Waals surface area contributed by atoms with Gasteiger partial charge >= 0.3 is 0 Å². The average molecular weight is 417 g/mol. The number of aliphatic hydroxyl groups excluding tert-OH is 4. The molecule has 0 aliphatic heterocycles. The monoisotopic (exact) mass is 416 g/mol. The van der Waals surface area contributed by atoms with Crippen LogP contribution in [0, 0.1) is 11.8 Å². The summed E-state index contributed by atoms with van der Waals surface area (Å²) in [5.41, 5.74) is 0. The van der Waals surface area contributed by atoms with Crippen LogP contribution in [0.15, 0.2) is 0 Å². The Morgan fingerprint density at radius 3 is 1.12 bits per heavy atom. The molecule has 8 heteroatoms. The highest BCUT2D eigenvalue weighted by Gasteiger charge is 2.37. The van der Waals surface area contributed by atoms with Crippen LogP contribution in [0.1, 0.15) is 25.7 Å². The Bertz CT molecular complexity index is 255. The van der Waals surface area contributed by atoms with E-state index >= 15 is 0 Å². The maximum Gasteiger partial charge on any atom is 0.0535 e. The normalized spacial score (nSPS) is 21.8. The number of rotatable bonds is 14. The zero-order chi connectivity index (χ0) is 17.6. The zero-order valence-electron chi connectivity index (χ0n) is 14.2. The summed E-state index contributed by atoms with van der Waals surface area (Å²) in [7, 11) is 0. The molecule has 2 unspecified atom stereocenters. The van der Waals surface area contributed by atoms with E-state index in [2.05, 4.69) is 0 Å². The van der Waals surface area contributed by atoms with Crippen LogP contribution in [-0.4, -0.2) is 79.0 Å². The van der Waals surface area contributed by atoms with E-state index < -0.39 is 0 Å². The van der Waals surface area contributed by atoms with Gasteiger partial charge in [0.2, 0.25) is 0 Å². The summed E-state index contributed by atoms with van der Waals surface area (Å²) >= 11 is 7.29. The second-order valence-electron chi connectivity index (χ2n) is 5.73. The van der Waals surface area contributed by atoms with E-state index in [0.29, 0.717) is 21.0 Å². The number of hydrogen-bond donors (Lipinski definition) is 4. The molecule has 1 rings (SSSR count). The van der Waals surface area contributed by atoms with E-state index in [4.69, 9.17) is 0 Å². The van der Waals surface area contributed by atoms with Gasteiger partial charge in [-0.2, -0.15) is 0 Å². The van der Waals surface area contributed by atoms with E-state index in [1.807, 2.05) is 47.0 Å². The van der Waals surface area contributed by atoms with Crippen LogP contribution in [0.25, 0.3) is 0 Å². The van der Waals surface area contributed by atoms with Crippen molar-refractivity contribution in [3.05, 3.63) is 0 Å². The fourth-order valence-electron chi connectivity index (χ4n) is 3.13. The molecular formula is C16H32O4S4. The molecule has 0 saturated heterocycles. The molecule has 1 saturated carbocycles. The lowest BCUT2D eigenvalue weighted by molar-refractivity contribution is 0.268. The van der Waals surface area contributed by atoms with Crippen LogP contribution in [-0.2, 0) is 0 Å². The number of hydrogen-bond acceptors (Lipinski definition) is 8. The molecular weight excluding hydrogens is 384 g/mol. The first-order valence-corrected chi connectivity index (χ1v) is 12.9.